The molecule has 0 aliphatic carbocycles. The van der Waals surface area contributed by atoms with Crippen LogP contribution in [-0.4, -0.2) is 63.2 Å². The number of hydrogen-bond donors (Lipinski definition) is 1. The highest BCUT2D eigenvalue weighted by molar-refractivity contribution is 5.90. The van der Waals surface area contributed by atoms with E-state index in [0.717, 1.165) is 59.1 Å². The summed E-state index contributed by atoms with van der Waals surface area (Å²) in [5.41, 5.74) is 6.73. The number of benzene rings is 2. The van der Waals surface area contributed by atoms with Gasteiger partial charge in [-0.05, 0) is 68.0 Å². The van der Waals surface area contributed by atoms with Crippen LogP contribution in [0.3, 0.4) is 0 Å². The SMILES string of the molecule is CN(C)[C@H]1CCN(C(=O)Nc2ccc3c(c2)Cn2cc(-c4ccc(C#N)cc4)cc2-c2nccn2-3)C1. The Morgan fingerprint density at radius 3 is 2.72 bits per heavy atom. The second kappa shape index (κ2) is 8.70. The Hall–Kier alpha value is -4.35. The molecule has 0 unspecified atom stereocenters. The maximum absolute atomic E-state index is 12.9. The summed E-state index contributed by atoms with van der Waals surface area (Å²) in [6.07, 6.45) is 6.91. The minimum atomic E-state index is -0.0546. The highest BCUT2D eigenvalue weighted by atomic mass is 16.2. The summed E-state index contributed by atoms with van der Waals surface area (Å²) in [7, 11) is 4.12. The predicted octanol–water partition coefficient (Wildman–Crippen LogP) is 4.41. The topological polar surface area (TPSA) is 82.1 Å². The minimum Gasteiger partial charge on any atom is -0.340 e. The summed E-state index contributed by atoms with van der Waals surface area (Å²) in [5.74, 6) is 0.872. The van der Waals surface area contributed by atoms with E-state index in [9.17, 15) is 4.79 Å². The number of nitriles is 1. The number of rotatable bonds is 3. The first kappa shape index (κ1) is 22.1. The molecule has 36 heavy (non-hydrogen) atoms. The van der Waals surface area contributed by atoms with E-state index in [4.69, 9.17) is 5.26 Å². The number of carbonyl (C=O) groups is 1. The highest BCUT2D eigenvalue weighted by Crippen LogP contribution is 2.35. The third-order valence-corrected chi connectivity index (χ3v) is 7.23. The molecule has 2 aromatic carbocycles. The van der Waals surface area contributed by atoms with Crippen LogP contribution in [0.2, 0.25) is 0 Å². The van der Waals surface area contributed by atoms with Crippen molar-refractivity contribution in [2.24, 2.45) is 0 Å². The van der Waals surface area contributed by atoms with E-state index < -0.39 is 0 Å². The van der Waals surface area contributed by atoms with Crippen molar-refractivity contribution in [1.82, 2.24) is 23.9 Å². The molecule has 6 rings (SSSR count). The fourth-order valence-electron chi connectivity index (χ4n) is 5.17. The molecule has 8 nitrogen and oxygen atoms in total. The van der Waals surface area contributed by atoms with Gasteiger partial charge < -0.3 is 19.7 Å². The molecule has 180 valence electrons. The monoisotopic (exact) mass is 477 g/mol. The Kier molecular flexibility index (Phi) is 5.35. The van der Waals surface area contributed by atoms with E-state index in [1.165, 1.54) is 0 Å². The van der Waals surface area contributed by atoms with Gasteiger partial charge in [0.2, 0.25) is 0 Å². The quantitative estimate of drug-likeness (QED) is 0.417. The van der Waals surface area contributed by atoms with Crippen LogP contribution in [0.5, 0.6) is 0 Å². The number of likely N-dealkylation sites (N-methyl/N-ethyl adjacent to an activating group) is 1. The smallest absolute Gasteiger partial charge is 0.321 e. The Labute approximate surface area is 210 Å². The molecule has 4 heterocycles. The first-order chi connectivity index (χ1) is 17.5. The van der Waals surface area contributed by atoms with Gasteiger partial charge in [-0.2, -0.15) is 5.26 Å². The number of fused-ring (bicyclic) bond motifs is 5. The van der Waals surface area contributed by atoms with Crippen molar-refractivity contribution in [1.29, 1.82) is 5.26 Å². The van der Waals surface area contributed by atoms with Crippen molar-refractivity contribution < 1.29 is 4.79 Å². The van der Waals surface area contributed by atoms with E-state index in [2.05, 4.69) is 68.9 Å². The molecule has 0 radical (unpaired) electrons. The Bertz CT molecular complexity index is 1490. The summed E-state index contributed by atoms with van der Waals surface area (Å²) in [6.45, 7) is 2.16. The number of hydrogen-bond acceptors (Lipinski definition) is 4. The van der Waals surface area contributed by atoms with E-state index >= 15 is 0 Å². The number of likely N-dealkylation sites (tertiary alicyclic amines) is 1. The lowest BCUT2D eigenvalue weighted by Crippen LogP contribution is -2.36. The van der Waals surface area contributed by atoms with Crippen LogP contribution in [0.15, 0.2) is 67.1 Å². The average Bonchev–Trinajstić information content (AvgIpc) is 3.63. The van der Waals surface area contributed by atoms with Gasteiger partial charge in [-0.25, -0.2) is 9.78 Å². The van der Waals surface area contributed by atoms with Crippen LogP contribution >= 0.6 is 0 Å². The van der Waals surface area contributed by atoms with Gasteiger partial charge in [-0.3, -0.25) is 4.57 Å². The predicted molar refractivity (Wildman–Crippen MR) is 139 cm³/mol. The van der Waals surface area contributed by atoms with Crippen molar-refractivity contribution in [2.75, 3.05) is 32.5 Å². The van der Waals surface area contributed by atoms with Gasteiger partial charge in [0, 0.05) is 55.5 Å². The molecule has 1 saturated heterocycles. The summed E-state index contributed by atoms with van der Waals surface area (Å²) in [6, 6.07) is 18.4. The molecule has 1 fully saturated rings. The number of amides is 2. The van der Waals surface area contributed by atoms with Gasteiger partial charge in [-0.1, -0.05) is 12.1 Å². The number of urea groups is 1. The normalized spacial score (nSPS) is 16.2. The standard InChI is InChI=1S/C28H27N7O/c1-32(2)24-9-11-33(18-24)28(36)31-23-7-8-25-22(13-23)17-34-16-21(20-5-3-19(15-29)4-6-20)14-26(34)27-30-10-12-35(25)27/h3-8,10,12-14,16,24H,9,11,17-18H2,1-2H3,(H,31,36)/t24-/m0/s1. The molecule has 1 N–H and O–H groups in total. The molecule has 2 amide bonds. The largest absolute Gasteiger partial charge is 0.340 e. The van der Waals surface area contributed by atoms with Gasteiger partial charge in [0.25, 0.3) is 0 Å². The summed E-state index contributed by atoms with van der Waals surface area (Å²) >= 11 is 0. The molecule has 2 aliphatic rings. The van der Waals surface area contributed by atoms with Crippen molar-refractivity contribution in [3.8, 4) is 34.4 Å². The van der Waals surface area contributed by atoms with E-state index in [1.54, 1.807) is 0 Å². The zero-order valence-corrected chi connectivity index (χ0v) is 20.3. The third-order valence-electron chi connectivity index (χ3n) is 7.23. The average molecular weight is 478 g/mol. The molecular weight excluding hydrogens is 450 g/mol. The fourth-order valence-corrected chi connectivity index (χ4v) is 5.17. The maximum atomic E-state index is 12.9. The first-order valence-electron chi connectivity index (χ1n) is 12.1. The number of carbonyl (C=O) groups excluding carboxylic acids is 1. The lowest BCUT2D eigenvalue weighted by Gasteiger charge is -2.21. The van der Waals surface area contributed by atoms with E-state index in [1.807, 2.05) is 47.6 Å². The third kappa shape index (κ3) is 3.84. The molecule has 8 heteroatoms. The van der Waals surface area contributed by atoms with Gasteiger partial charge >= 0.3 is 6.03 Å². The maximum Gasteiger partial charge on any atom is 0.321 e. The van der Waals surface area contributed by atoms with E-state index in [-0.39, 0.29) is 6.03 Å². The first-order valence-corrected chi connectivity index (χ1v) is 12.1. The van der Waals surface area contributed by atoms with Crippen molar-refractivity contribution in [2.45, 2.75) is 19.0 Å². The summed E-state index contributed by atoms with van der Waals surface area (Å²) in [4.78, 5) is 21.7. The second-order valence-electron chi connectivity index (χ2n) is 9.68. The van der Waals surface area contributed by atoms with Crippen LogP contribution in [0.25, 0.3) is 28.3 Å². The Morgan fingerprint density at radius 1 is 1.14 bits per heavy atom. The molecule has 4 aromatic rings. The van der Waals surface area contributed by atoms with Crippen LogP contribution in [0.4, 0.5) is 10.5 Å². The summed E-state index contributed by atoms with van der Waals surface area (Å²) in [5, 5.41) is 12.2. The van der Waals surface area contributed by atoms with Crippen molar-refractivity contribution in [3.05, 3.63) is 78.2 Å². The molecule has 2 aromatic heterocycles. The van der Waals surface area contributed by atoms with Gasteiger partial charge in [0.15, 0.2) is 5.82 Å². The zero-order valence-electron chi connectivity index (χ0n) is 20.3. The molecule has 2 aliphatic heterocycles. The molecule has 0 spiro atoms. The van der Waals surface area contributed by atoms with Crippen molar-refractivity contribution in [3.63, 3.8) is 0 Å². The fraction of sp³-hybridized carbons (Fsp3) is 0.250. The van der Waals surface area contributed by atoms with Crippen molar-refractivity contribution >= 4 is 11.7 Å². The lowest BCUT2D eigenvalue weighted by molar-refractivity contribution is 0.216. The number of aromatic nitrogens is 3. The second-order valence-corrected chi connectivity index (χ2v) is 9.68. The lowest BCUT2D eigenvalue weighted by atomic mass is 10.1. The van der Waals surface area contributed by atoms with Gasteiger partial charge in [0.05, 0.1) is 23.0 Å². The highest BCUT2D eigenvalue weighted by Gasteiger charge is 2.28. The molecule has 0 saturated carbocycles. The molecule has 0 bridgehead atoms. The van der Waals surface area contributed by atoms with Crippen LogP contribution in [-0.2, 0) is 6.54 Å². The van der Waals surface area contributed by atoms with Gasteiger partial charge in [0.1, 0.15) is 0 Å². The minimum absolute atomic E-state index is 0.0546. The van der Waals surface area contributed by atoms with Gasteiger partial charge in [-0.15, -0.1) is 0 Å². The van der Waals surface area contributed by atoms with Crippen LogP contribution in [0.1, 0.15) is 17.5 Å². The van der Waals surface area contributed by atoms with Crippen LogP contribution < -0.4 is 5.32 Å². The number of nitrogens with zero attached hydrogens (tertiary/aromatic N) is 6. The number of nitrogens with one attached hydrogen (secondary N) is 1. The number of anilines is 1. The molecular formula is C28H27N7O. The van der Waals surface area contributed by atoms with E-state index in [0.29, 0.717) is 18.2 Å². The molecule has 1 atom stereocenters. The van der Waals surface area contributed by atoms with Crippen LogP contribution in [0, 0.1) is 11.3 Å². The summed E-state index contributed by atoms with van der Waals surface area (Å²) < 4.78 is 4.30. The Balaban J connectivity index is 1.31. The number of imidazole rings is 1. The zero-order chi connectivity index (χ0) is 24.8. The Morgan fingerprint density at radius 2 is 1.97 bits per heavy atom.